The van der Waals surface area contributed by atoms with E-state index in [0.717, 1.165) is 57.3 Å². The van der Waals surface area contributed by atoms with Gasteiger partial charge in [0.2, 0.25) is 11.8 Å². The maximum absolute atomic E-state index is 13.6. The molecule has 0 radical (unpaired) electrons. The Morgan fingerprint density at radius 1 is 1.14 bits per heavy atom. The fourth-order valence-corrected chi connectivity index (χ4v) is 5.42. The second-order valence-corrected chi connectivity index (χ2v) is 9.41. The highest BCUT2D eigenvalue weighted by Crippen LogP contribution is 2.39. The van der Waals surface area contributed by atoms with Gasteiger partial charge in [0.1, 0.15) is 0 Å². The van der Waals surface area contributed by atoms with Crippen LogP contribution in [0.15, 0.2) is 24.3 Å². The van der Waals surface area contributed by atoms with E-state index in [9.17, 15) is 9.59 Å². The Labute approximate surface area is 168 Å². The van der Waals surface area contributed by atoms with Crippen molar-refractivity contribution in [1.82, 2.24) is 4.90 Å². The van der Waals surface area contributed by atoms with Crippen molar-refractivity contribution in [3.05, 3.63) is 29.8 Å². The highest BCUT2D eigenvalue weighted by molar-refractivity contribution is 6.00. The zero-order valence-corrected chi connectivity index (χ0v) is 17.2. The molecule has 152 valence electrons. The highest BCUT2D eigenvalue weighted by atomic mass is 16.2. The monoisotopic (exact) mass is 383 g/mol. The number of nitrogens with zero attached hydrogens (tertiary/aromatic N) is 2. The van der Waals surface area contributed by atoms with Crippen LogP contribution < -0.4 is 10.6 Å². The van der Waals surface area contributed by atoms with Gasteiger partial charge in [-0.25, -0.2) is 0 Å². The van der Waals surface area contributed by atoms with Crippen molar-refractivity contribution < 1.29 is 9.59 Å². The minimum absolute atomic E-state index is 0.0201. The average molecular weight is 384 g/mol. The Balaban J connectivity index is 1.54. The maximum atomic E-state index is 13.6. The third kappa shape index (κ3) is 3.34. The first-order valence-electron chi connectivity index (χ1n) is 10.8. The minimum atomic E-state index is -0.195. The normalized spacial score (nSPS) is 32.5. The number of likely N-dealkylation sites (tertiary alicyclic amines) is 1. The molecule has 0 bridgehead atoms. The van der Waals surface area contributed by atoms with Crippen molar-refractivity contribution in [2.75, 3.05) is 24.5 Å². The molecule has 4 rings (SSSR count). The topological polar surface area (TPSA) is 66.6 Å². The smallest absolute Gasteiger partial charge is 0.231 e. The number of amides is 2. The van der Waals surface area contributed by atoms with Gasteiger partial charge in [-0.1, -0.05) is 38.0 Å². The fraction of sp³-hybridized carbons (Fsp3) is 0.652. The molecule has 0 spiro atoms. The van der Waals surface area contributed by atoms with Crippen LogP contribution in [-0.2, 0) is 16.0 Å². The van der Waals surface area contributed by atoms with E-state index in [1.807, 2.05) is 28.0 Å². The Morgan fingerprint density at radius 2 is 1.82 bits per heavy atom. The van der Waals surface area contributed by atoms with Crippen LogP contribution in [0.25, 0.3) is 0 Å². The van der Waals surface area contributed by atoms with E-state index >= 15 is 0 Å². The summed E-state index contributed by atoms with van der Waals surface area (Å²) in [5.74, 6) is -0.0485. The quantitative estimate of drug-likeness (QED) is 0.873. The molecule has 2 heterocycles. The van der Waals surface area contributed by atoms with E-state index in [2.05, 4.69) is 19.9 Å². The number of carbonyl (C=O) groups excluding carboxylic acids is 2. The Bertz CT molecular complexity index is 764. The van der Waals surface area contributed by atoms with Crippen LogP contribution in [0.5, 0.6) is 0 Å². The molecule has 2 amide bonds. The molecule has 1 aromatic carbocycles. The van der Waals surface area contributed by atoms with Crippen molar-refractivity contribution in [2.45, 2.75) is 58.4 Å². The molecule has 1 aliphatic carbocycles. The summed E-state index contributed by atoms with van der Waals surface area (Å²) in [7, 11) is 0. The van der Waals surface area contributed by atoms with Crippen LogP contribution in [0.1, 0.15) is 51.5 Å². The minimum Gasteiger partial charge on any atom is -0.342 e. The number of anilines is 1. The number of benzene rings is 1. The summed E-state index contributed by atoms with van der Waals surface area (Å²) in [4.78, 5) is 30.9. The SMILES string of the molecule is CC1Cc2ccccc2N1C(=O)C1CCCCC1C(=O)N1CCC(C)(CN)C1. The molecule has 1 saturated heterocycles. The van der Waals surface area contributed by atoms with Crippen LogP contribution in [-0.4, -0.2) is 42.4 Å². The van der Waals surface area contributed by atoms with Gasteiger partial charge in [-0.15, -0.1) is 0 Å². The van der Waals surface area contributed by atoms with Gasteiger partial charge in [-0.2, -0.15) is 0 Å². The predicted octanol–water partition coefficient (Wildman–Crippen LogP) is 2.97. The molecule has 1 saturated carbocycles. The van der Waals surface area contributed by atoms with Crippen molar-refractivity contribution >= 4 is 17.5 Å². The molecule has 28 heavy (non-hydrogen) atoms. The number of fused-ring (bicyclic) bond motifs is 1. The van der Waals surface area contributed by atoms with Crippen LogP contribution in [0.2, 0.25) is 0 Å². The number of rotatable bonds is 3. The van der Waals surface area contributed by atoms with Gasteiger partial charge in [0.15, 0.2) is 0 Å². The molecule has 5 nitrogen and oxygen atoms in total. The summed E-state index contributed by atoms with van der Waals surface area (Å²) in [6.07, 6.45) is 5.57. The van der Waals surface area contributed by atoms with Crippen LogP contribution in [0.3, 0.4) is 0 Å². The lowest BCUT2D eigenvalue weighted by molar-refractivity contribution is -0.142. The Kier molecular flexibility index (Phi) is 5.21. The van der Waals surface area contributed by atoms with Gasteiger partial charge in [-0.05, 0) is 56.2 Å². The van der Waals surface area contributed by atoms with Crippen molar-refractivity contribution in [2.24, 2.45) is 23.0 Å². The lowest BCUT2D eigenvalue weighted by atomic mass is 9.77. The predicted molar refractivity (Wildman–Crippen MR) is 111 cm³/mol. The Morgan fingerprint density at radius 3 is 2.50 bits per heavy atom. The van der Waals surface area contributed by atoms with E-state index in [1.165, 1.54) is 5.56 Å². The summed E-state index contributed by atoms with van der Waals surface area (Å²) in [5.41, 5.74) is 8.22. The van der Waals surface area contributed by atoms with Crippen molar-refractivity contribution in [3.8, 4) is 0 Å². The standard InChI is InChI=1S/C23H33N3O2/c1-16-13-17-7-3-6-10-20(17)26(16)22(28)19-9-5-4-8-18(19)21(27)25-12-11-23(2,14-24)15-25/h3,6-7,10,16,18-19H,4-5,8-9,11-15,24H2,1-2H3. The first kappa shape index (κ1) is 19.4. The summed E-state index contributed by atoms with van der Waals surface area (Å²) < 4.78 is 0. The zero-order chi connectivity index (χ0) is 19.9. The van der Waals surface area contributed by atoms with Crippen LogP contribution >= 0.6 is 0 Å². The van der Waals surface area contributed by atoms with Crippen LogP contribution in [0.4, 0.5) is 5.69 Å². The first-order chi connectivity index (χ1) is 13.4. The van der Waals surface area contributed by atoms with Gasteiger partial charge in [0, 0.05) is 30.7 Å². The summed E-state index contributed by atoms with van der Waals surface area (Å²) in [6.45, 7) is 6.37. The maximum Gasteiger partial charge on any atom is 0.231 e. The summed E-state index contributed by atoms with van der Waals surface area (Å²) in [5, 5.41) is 0. The molecular formula is C23H33N3O2. The molecule has 0 aromatic heterocycles. The van der Waals surface area contributed by atoms with Gasteiger partial charge < -0.3 is 15.5 Å². The fourth-order valence-electron chi connectivity index (χ4n) is 5.42. The highest BCUT2D eigenvalue weighted by Gasteiger charge is 2.44. The average Bonchev–Trinajstić information content (AvgIpc) is 3.27. The van der Waals surface area contributed by atoms with Crippen molar-refractivity contribution in [1.29, 1.82) is 0 Å². The summed E-state index contributed by atoms with van der Waals surface area (Å²) in [6, 6.07) is 8.35. The van der Waals surface area contributed by atoms with Crippen LogP contribution in [0, 0.1) is 17.3 Å². The molecule has 2 fully saturated rings. The lowest BCUT2D eigenvalue weighted by Crippen LogP contribution is -2.48. The molecule has 5 heteroatoms. The third-order valence-corrected chi connectivity index (χ3v) is 7.21. The van der Waals surface area contributed by atoms with Gasteiger partial charge in [0.25, 0.3) is 0 Å². The van der Waals surface area contributed by atoms with Gasteiger partial charge in [-0.3, -0.25) is 9.59 Å². The number of nitrogens with two attached hydrogens (primary N) is 1. The molecule has 1 aromatic rings. The molecule has 2 N–H and O–H groups in total. The second-order valence-electron chi connectivity index (χ2n) is 9.41. The van der Waals surface area contributed by atoms with Crippen molar-refractivity contribution in [3.63, 3.8) is 0 Å². The van der Waals surface area contributed by atoms with Gasteiger partial charge in [0.05, 0.1) is 5.92 Å². The molecule has 4 atom stereocenters. The van der Waals surface area contributed by atoms with E-state index in [4.69, 9.17) is 5.73 Å². The van der Waals surface area contributed by atoms with E-state index < -0.39 is 0 Å². The molecule has 3 aliphatic rings. The Hall–Kier alpha value is -1.88. The molecule has 4 unspecified atom stereocenters. The molecule has 2 aliphatic heterocycles. The number of carbonyl (C=O) groups is 2. The van der Waals surface area contributed by atoms with Gasteiger partial charge >= 0.3 is 0 Å². The van der Waals surface area contributed by atoms with E-state index in [0.29, 0.717) is 6.54 Å². The number of hydrogen-bond acceptors (Lipinski definition) is 3. The number of hydrogen-bond donors (Lipinski definition) is 1. The summed E-state index contributed by atoms with van der Waals surface area (Å²) >= 11 is 0. The third-order valence-electron chi connectivity index (χ3n) is 7.21. The second kappa shape index (κ2) is 7.51. The number of para-hydroxylation sites is 1. The first-order valence-corrected chi connectivity index (χ1v) is 10.8. The van der Waals surface area contributed by atoms with E-state index in [-0.39, 0.29) is 35.1 Å². The van der Waals surface area contributed by atoms with E-state index in [1.54, 1.807) is 0 Å². The molecular weight excluding hydrogens is 350 g/mol. The zero-order valence-electron chi connectivity index (χ0n) is 17.2. The lowest BCUT2D eigenvalue weighted by Gasteiger charge is -2.36. The largest absolute Gasteiger partial charge is 0.342 e.